The molecule has 0 spiro atoms. The molecule has 0 aromatic heterocycles. The van der Waals surface area contributed by atoms with E-state index in [0.29, 0.717) is 12.0 Å². The summed E-state index contributed by atoms with van der Waals surface area (Å²) in [5.41, 5.74) is -3.84. The molecule has 7 heteroatoms. The number of para-hydroxylation sites is 1. The van der Waals surface area contributed by atoms with Crippen molar-refractivity contribution in [2.75, 3.05) is 5.32 Å². The summed E-state index contributed by atoms with van der Waals surface area (Å²) in [4.78, 5) is 33.1. The minimum Gasteiger partial charge on any atom is -0.383 e. The predicted molar refractivity (Wildman–Crippen MR) is 152 cm³/mol. The summed E-state index contributed by atoms with van der Waals surface area (Å²) in [7, 11) is 0. The minimum absolute atomic E-state index is 0.0397. The maximum Gasteiger partial charge on any atom is 0.248 e. The highest BCUT2D eigenvalue weighted by atomic mass is 16.3. The van der Waals surface area contributed by atoms with Gasteiger partial charge in [0.2, 0.25) is 11.8 Å². The number of nitrogens with one attached hydrogen (secondary N) is 1. The highest BCUT2D eigenvalue weighted by Crippen LogP contribution is 2.68. The largest absolute Gasteiger partial charge is 0.383 e. The molecule has 3 N–H and O–H groups in total. The molecule has 40 heavy (non-hydrogen) atoms. The summed E-state index contributed by atoms with van der Waals surface area (Å²) in [5, 5.41) is 28.9. The molecule has 6 atom stereocenters. The molecular formula is C33H37N3O4. The van der Waals surface area contributed by atoms with Crippen LogP contribution < -0.4 is 5.32 Å². The van der Waals surface area contributed by atoms with E-state index in [1.54, 1.807) is 22.0 Å². The normalized spacial score (nSPS) is 37.2. The zero-order valence-electron chi connectivity index (χ0n) is 23.6. The highest BCUT2D eigenvalue weighted by molar-refractivity contribution is 6.01. The first-order valence-corrected chi connectivity index (χ1v) is 14.1. The van der Waals surface area contributed by atoms with Gasteiger partial charge in [-0.1, -0.05) is 82.3 Å². The Labute approximate surface area is 235 Å². The Balaban J connectivity index is 1.46. The van der Waals surface area contributed by atoms with Crippen molar-refractivity contribution in [1.82, 2.24) is 9.80 Å². The summed E-state index contributed by atoms with van der Waals surface area (Å²) in [6, 6.07) is 13.5. The number of nitrogens with zero attached hydrogens (tertiary/aromatic N) is 2. The Kier molecular flexibility index (Phi) is 4.63. The van der Waals surface area contributed by atoms with Gasteiger partial charge in [0, 0.05) is 41.3 Å². The first-order valence-electron chi connectivity index (χ1n) is 14.1. The van der Waals surface area contributed by atoms with Crippen molar-refractivity contribution in [3.8, 4) is 0 Å². The molecule has 2 amide bonds. The van der Waals surface area contributed by atoms with Crippen LogP contribution in [0.25, 0.3) is 0 Å². The molecule has 0 saturated carbocycles. The van der Waals surface area contributed by atoms with E-state index in [4.69, 9.17) is 0 Å². The molecule has 1 aliphatic carbocycles. The van der Waals surface area contributed by atoms with Crippen molar-refractivity contribution < 1.29 is 19.8 Å². The number of anilines is 1. The average molecular weight is 540 g/mol. The van der Waals surface area contributed by atoms with Crippen LogP contribution in [-0.2, 0) is 27.2 Å². The van der Waals surface area contributed by atoms with Gasteiger partial charge in [-0.05, 0) is 17.2 Å². The van der Waals surface area contributed by atoms with Crippen molar-refractivity contribution in [2.45, 2.75) is 81.4 Å². The quantitative estimate of drug-likeness (QED) is 0.514. The first-order chi connectivity index (χ1) is 18.8. The standard InChI is InChI=1S/C33H37N3O4/c1-7-28(3,4)32-17-20-13-9-10-14-21(20)30(32,39)18-24-27(38)36-25(26(37)35(24)32)19-31(40)22-15-11-12-16-23(22)34-33(31,36)29(5,6)8-2/h7-16,24-25,34,39-40H,1-2,17-19H2,3-6H3. The Morgan fingerprint density at radius 1 is 0.825 bits per heavy atom. The number of carbonyl (C=O) groups is 2. The summed E-state index contributed by atoms with van der Waals surface area (Å²) in [6.45, 7) is 16.0. The Bertz CT molecular complexity index is 1420. The number of piperazine rings is 1. The second kappa shape index (κ2) is 7.25. The Hall–Kier alpha value is -3.42. The van der Waals surface area contributed by atoms with Crippen LogP contribution in [0.4, 0.5) is 5.69 Å². The molecule has 3 saturated heterocycles. The SMILES string of the molecule is C=CC(C)(C)C12Cc3ccccc3C1(O)CC1C(=O)N3C(CC4(O)c5ccccc5NC34C(C)(C)C=C)C(=O)N12. The van der Waals surface area contributed by atoms with Crippen molar-refractivity contribution >= 4 is 17.5 Å². The summed E-state index contributed by atoms with van der Waals surface area (Å²) >= 11 is 0. The maximum absolute atomic E-state index is 14.9. The van der Waals surface area contributed by atoms with Gasteiger partial charge in [-0.3, -0.25) is 9.59 Å². The second-order valence-electron chi connectivity index (χ2n) is 13.5. The monoisotopic (exact) mass is 539 g/mol. The molecule has 2 aromatic rings. The summed E-state index contributed by atoms with van der Waals surface area (Å²) < 4.78 is 0. The van der Waals surface area contributed by atoms with E-state index in [2.05, 4.69) is 18.5 Å². The van der Waals surface area contributed by atoms with Crippen LogP contribution in [-0.4, -0.2) is 55.1 Å². The van der Waals surface area contributed by atoms with Crippen molar-refractivity contribution in [2.24, 2.45) is 10.8 Å². The number of rotatable bonds is 4. The number of amides is 2. The van der Waals surface area contributed by atoms with Crippen LogP contribution in [0.1, 0.15) is 57.2 Å². The van der Waals surface area contributed by atoms with Crippen LogP contribution in [0.2, 0.25) is 0 Å². The van der Waals surface area contributed by atoms with Gasteiger partial charge in [-0.2, -0.15) is 0 Å². The molecule has 5 aliphatic rings. The van der Waals surface area contributed by atoms with Gasteiger partial charge in [0.15, 0.2) is 5.66 Å². The third-order valence-corrected chi connectivity index (χ3v) is 11.3. The molecule has 4 heterocycles. The highest BCUT2D eigenvalue weighted by Gasteiger charge is 2.81. The van der Waals surface area contributed by atoms with Crippen LogP contribution in [0, 0.1) is 10.8 Å². The minimum atomic E-state index is -1.53. The molecule has 7 rings (SSSR count). The average Bonchev–Trinajstić information content (AvgIpc) is 3.55. The van der Waals surface area contributed by atoms with Gasteiger partial charge in [-0.25, -0.2) is 0 Å². The maximum atomic E-state index is 14.9. The van der Waals surface area contributed by atoms with Crippen molar-refractivity contribution in [1.29, 1.82) is 0 Å². The molecule has 2 aromatic carbocycles. The zero-order valence-corrected chi connectivity index (χ0v) is 23.6. The van der Waals surface area contributed by atoms with Crippen LogP contribution >= 0.6 is 0 Å². The van der Waals surface area contributed by atoms with E-state index >= 15 is 0 Å². The van der Waals surface area contributed by atoms with E-state index in [1.807, 2.05) is 76.2 Å². The Morgan fingerprint density at radius 3 is 2.05 bits per heavy atom. The lowest BCUT2D eigenvalue weighted by Crippen LogP contribution is -2.76. The smallest absolute Gasteiger partial charge is 0.248 e. The van der Waals surface area contributed by atoms with Gasteiger partial charge in [-0.15, -0.1) is 13.2 Å². The summed E-state index contributed by atoms with van der Waals surface area (Å²) in [6.07, 6.45) is 4.07. The number of hydrogen-bond donors (Lipinski definition) is 3. The van der Waals surface area contributed by atoms with Crippen LogP contribution in [0.3, 0.4) is 0 Å². The van der Waals surface area contributed by atoms with Crippen molar-refractivity contribution in [3.63, 3.8) is 0 Å². The van der Waals surface area contributed by atoms with Crippen LogP contribution in [0.15, 0.2) is 73.8 Å². The van der Waals surface area contributed by atoms with E-state index in [1.165, 1.54) is 0 Å². The molecule has 3 fully saturated rings. The molecule has 0 bridgehead atoms. The van der Waals surface area contributed by atoms with Gasteiger partial charge in [0.1, 0.15) is 23.3 Å². The molecule has 6 unspecified atom stereocenters. The van der Waals surface area contributed by atoms with E-state index < -0.39 is 45.3 Å². The van der Waals surface area contributed by atoms with Crippen molar-refractivity contribution in [3.05, 3.63) is 90.5 Å². The number of benzene rings is 2. The molecule has 7 nitrogen and oxygen atoms in total. The molecule has 0 radical (unpaired) electrons. The van der Waals surface area contributed by atoms with Gasteiger partial charge in [0.25, 0.3) is 0 Å². The van der Waals surface area contributed by atoms with Gasteiger partial charge < -0.3 is 25.3 Å². The Morgan fingerprint density at radius 2 is 1.38 bits per heavy atom. The molecular weight excluding hydrogens is 502 g/mol. The number of aliphatic hydroxyl groups is 2. The first kappa shape index (κ1) is 25.5. The fraction of sp³-hybridized carbons (Fsp3) is 0.455. The third-order valence-electron chi connectivity index (χ3n) is 11.3. The van der Waals surface area contributed by atoms with E-state index in [-0.39, 0.29) is 24.7 Å². The molecule has 4 aliphatic heterocycles. The summed E-state index contributed by atoms with van der Waals surface area (Å²) in [5.74, 6) is -0.514. The zero-order chi connectivity index (χ0) is 28.7. The van der Waals surface area contributed by atoms with E-state index in [0.717, 1.165) is 16.8 Å². The second-order valence-corrected chi connectivity index (χ2v) is 13.5. The topological polar surface area (TPSA) is 93.1 Å². The number of hydrogen-bond acceptors (Lipinski definition) is 5. The van der Waals surface area contributed by atoms with E-state index in [9.17, 15) is 19.8 Å². The predicted octanol–water partition coefficient (Wildman–Crippen LogP) is 3.82. The van der Waals surface area contributed by atoms with Crippen LogP contribution in [0.5, 0.6) is 0 Å². The fourth-order valence-corrected chi connectivity index (χ4v) is 9.26. The fourth-order valence-electron chi connectivity index (χ4n) is 9.26. The lowest BCUT2D eigenvalue weighted by atomic mass is 9.63. The molecule has 208 valence electrons. The van der Waals surface area contributed by atoms with Gasteiger partial charge in [0.05, 0.1) is 5.54 Å². The number of carbonyl (C=O) groups excluding carboxylic acids is 2. The number of fused-ring (bicyclic) bond motifs is 10. The third kappa shape index (κ3) is 2.36. The van der Waals surface area contributed by atoms with Gasteiger partial charge >= 0.3 is 0 Å². The lowest BCUT2D eigenvalue weighted by Gasteiger charge is -2.57. The lowest BCUT2D eigenvalue weighted by molar-refractivity contribution is -0.180.